The highest BCUT2D eigenvalue weighted by molar-refractivity contribution is 4.77. The van der Waals surface area contributed by atoms with Gasteiger partial charge in [-0.25, -0.2) is 0 Å². The second kappa shape index (κ2) is 9.70. The highest BCUT2D eigenvalue weighted by atomic mass is 16.5. The summed E-state index contributed by atoms with van der Waals surface area (Å²) in [5.41, 5.74) is 0. The van der Waals surface area contributed by atoms with Gasteiger partial charge in [-0.15, -0.1) is 0 Å². The molecule has 0 saturated carbocycles. The first kappa shape index (κ1) is 16.9. The van der Waals surface area contributed by atoms with Crippen LogP contribution in [0.1, 0.15) is 26.7 Å². The van der Waals surface area contributed by atoms with Crippen LogP contribution < -0.4 is 5.32 Å². The van der Waals surface area contributed by atoms with Crippen LogP contribution in [0, 0.1) is 5.92 Å². The van der Waals surface area contributed by atoms with Gasteiger partial charge in [-0.2, -0.15) is 0 Å². The lowest BCUT2D eigenvalue weighted by Crippen LogP contribution is -2.41. The van der Waals surface area contributed by atoms with E-state index in [1.165, 1.54) is 26.1 Å². The molecule has 0 aromatic carbocycles. The maximum absolute atomic E-state index is 5.33. The van der Waals surface area contributed by atoms with Gasteiger partial charge in [0.05, 0.1) is 0 Å². The lowest BCUT2D eigenvalue weighted by molar-refractivity contribution is 0.143. The fourth-order valence-corrected chi connectivity index (χ4v) is 2.67. The van der Waals surface area contributed by atoms with Crippen LogP contribution in [-0.2, 0) is 4.74 Å². The summed E-state index contributed by atoms with van der Waals surface area (Å²) in [6.45, 7) is 12.0. The van der Waals surface area contributed by atoms with Crippen molar-refractivity contribution in [3.05, 3.63) is 0 Å². The molecule has 1 N–H and O–H groups in total. The van der Waals surface area contributed by atoms with Crippen LogP contribution in [-0.4, -0.2) is 75.9 Å². The lowest BCUT2D eigenvalue weighted by Gasteiger charge is -2.27. The van der Waals surface area contributed by atoms with Gasteiger partial charge in [-0.3, -0.25) is 0 Å². The summed E-state index contributed by atoms with van der Waals surface area (Å²) in [5.74, 6) is 0.857. The second-order valence-electron chi connectivity index (χ2n) is 5.96. The molecule has 4 nitrogen and oxygen atoms in total. The SMILES string of the molecule is CCOCCCNCC(C)N(C)CC1CCN(C)C1. The van der Waals surface area contributed by atoms with E-state index >= 15 is 0 Å². The first-order chi connectivity index (χ1) is 9.13. The minimum atomic E-state index is 0.609. The first-order valence-corrected chi connectivity index (χ1v) is 7.80. The Hall–Kier alpha value is -0.160. The molecule has 4 heteroatoms. The Morgan fingerprint density at radius 2 is 2.26 bits per heavy atom. The van der Waals surface area contributed by atoms with Crippen molar-refractivity contribution in [1.29, 1.82) is 0 Å². The molecule has 19 heavy (non-hydrogen) atoms. The predicted molar refractivity (Wildman–Crippen MR) is 81.7 cm³/mol. The van der Waals surface area contributed by atoms with Crippen LogP contribution >= 0.6 is 0 Å². The van der Waals surface area contributed by atoms with Crippen LogP contribution in [0.2, 0.25) is 0 Å². The molecular weight excluding hydrogens is 238 g/mol. The Morgan fingerprint density at radius 3 is 2.89 bits per heavy atom. The van der Waals surface area contributed by atoms with Crippen LogP contribution in [0.3, 0.4) is 0 Å². The van der Waals surface area contributed by atoms with Crippen molar-refractivity contribution in [3.63, 3.8) is 0 Å². The molecule has 0 radical (unpaired) electrons. The van der Waals surface area contributed by atoms with Crippen LogP contribution in [0.15, 0.2) is 0 Å². The van der Waals surface area contributed by atoms with E-state index in [1.54, 1.807) is 0 Å². The largest absolute Gasteiger partial charge is 0.382 e. The fraction of sp³-hybridized carbons (Fsp3) is 1.00. The average molecular weight is 271 g/mol. The number of hydrogen-bond acceptors (Lipinski definition) is 4. The van der Waals surface area contributed by atoms with Gasteiger partial charge < -0.3 is 19.9 Å². The molecular formula is C15H33N3O. The van der Waals surface area contributed by atoms with Crippen molar-refractivity contribution in [1.82, 2.24) is 15.1 Å². The predicted octanol–water partition coefficient (Wildman–Crippen LogP) is 1.27. The van der Waals surface area contributed by atoms with Crippen molar-refractivity contribution in [2.24, 2.45) is 5.92 Å². The number of hydrogen-bond donors (Lipinski definition) is 1. The molecule has 2 atom stereocenters. The Bertz CT molecular complexity index is 225. The number of likely N-dealkylation sites (tertiary alicyclic amines) is 1. The second-order valence-corrected chi connectivity index (χ2v) is 5.96. The zero-order chi connectivity index (χ0) is 14.1. The number of nitrogens with one attached hydrogen (secondary N) is 1. The highest BCUT2D eigenvalue weighted by Gasteiger charge is 2.22. The molecule has 1 fully saturated rings. The van der Waals surface area contributed by atoms with E-state index in [0.29, 0.717) is 6.04 Å². The van der Waals surface area contributed by atoms with Gasteiger partial charge in [0.25, 0.3) is 0 Å². The molecule has 2 unspecified atom stereocenters. The molecule has 1 rings (SSSR count). The fourth-order valence-electron chi connectivity index (χ4n) is 2.67. The Morgan fingerprint density at radius 1 is 1.47 bits per heavy atom. The Kier molecular flexibility index (Phi) is 8.62. The molecule has 0 spiro atoms. The first-order valence-electron chi connectivity index (χ1n) is 7.80. The van der Waals surface area contributed by atoms with Crippen LogP contribution in [0.25, 0.3) is 0 Å². The summed E-state index contributed by atoms with van der Waals surface area (Å²) < 4.78 is 5.33. The Labute approximate surface area is 119 Å². The summed E-state index contributed by atoms with van der Waals surface area (Å²) in [5, 5.41) is 3.53. The summed E-state index contributed by atoms with van der Waals surface area (Å²) in [4.78, 5) is 4.94. The third-order valence-electron chi connectivity index (χ3n) is 4.07. The molecule has 1 aliphatic heterocycles. The highest BCUT2D eigenvalue weighted by Crippen LogP contribution is 2.15. The van der Waals surface area contributed by atoms with Crippen LogP contribution in [0.4, 0.5) is 0 Å². The van der Waals surface area contributed by atoms with Gasteiger partial charge in [-0.05, 0) is 59.8 Å². The van der Waals surface area contributed by atoms with Gasteiger partial charge in [0.2, 0.25) is 0 Å². The van der Waals surface area contributed by atoms with E-state index in [9.17, 15) is 0 Å². The van der Waals surface area contributed by atoms with Gasteiger partial charge >= 0.3 is 0 Å². The summed E-state index contributed by atoms with van der Waals surface area (Å²) in [6.07, 6.45) is 2.47. The zero-order valence-corrected chi connectivity index (χ0v) is 13.3. The van der Waals surface area contributed by atoms with Crippen molar-refractivity contribution in [3.8, 4) is 0 Å². The van der Waals surface area contributed by atoms with Gasteiger partial charge in [0.1, 0.15) is 0 Å². The summed E-state index contributed by atoms with van der Waals surface area (Å²) >= 11 is 0. The topological polar surface area (TPSA) is 27.7 Å². The molecule has 0 amide bonds. The third kappa shape index (κ3) is 7.25. The van der Waals surface area contributed by atoms with E-state index in [2.05, 4.69) is 36.1 Å². The van der Waals surface area contributed by atoms with E-state index in [0.717, 1.165) is 38.6 Å². The van der Waals surface area contributed by atoms with Crippen LogP contribution in [0.5, 0.6) is 0 Å². The van der Waals surface area contributed by atoms with Gasteiger partial charge in [0, 0.05) is 38.9 Å². The Balaban J connectivity index is 2.03. The maximum Gasteiger partial charge on any atom is 0.0477 e. The monoisotopic (exact) mass is 271 g/mol. The normalized spacial score (nSPS) is 22.3. The van der Waals surface area contributed by atoms with Crippen molar-refractivity contribution in [2.45, 2.75) is 32.7 Å². The molecule has 0 bridgehead atoms. The van der Waals surface area contributed by atoms with Crippen molar-refractivity contribution in [2.75, 3.05) is 60.0 Å². The molecule has 0 aromatic heterocycles. The van der Waals surface area contributed by atoms with Gasteiger partial charge in [-0.1, -0.05) is 0 Å². The maximum atomic E-state index is 5.33. The molecule has 0 aliphatic carbocycles. The standard InChI is InChI=1S/C15H33N3O/c1-5-19-10-6-8-16-11-14(2)18(4)13-15-7-9-17(3)12-15/h14-16H,5-13H2,1-4H3. The quantitative estimate of drug-likeness (QED) is 0.606. The smallest absolute Gasteiger partial charge is 0.0477 e. The average Bonchev–Trinajstić information content (AvgIpc) is 2.78. The lowest BCUT2D eigenvalue weighted by atomic mass is 10.1. The minimum absolute atomic E-state index is 0.609. The zero-order valence-electron chi connectivity index (χ0n) is 13.3. The molecule has 1 aliphatic rings. The molecule has 0 aromatic rings. The summed E-state index contributed by atoms with van der Waals surface area (Å²) in [6, 6.07) is 0.609. The molecule has 1 heterocycles. The van der Waals surface area contributed by atoms with E-state index in [-0.39, 0.29) is 0 Å². The van der Waals surface area contributed by atoms with E-state index < -0.39 is 0 Å². The van der Waals surface area contributed by atoms with E-state index in [1.807, 2.05) is 6.92 Å². The number of nitrogens with zero attached hydrogens (tertiary/aromatic N) is 2. The minimum Gasteiger partial charge on any atom is -0.382 e. The van der Waals surface area contributed by atoms with Crippen molar-refractivity contribution >= 4 is 0 Å². The summed E-state index contributed by atoms with van der Waals surface area (Å²) in [7, 11) is 4.48. The van der Waals surface area contributed by atoms with E-state index in [4.69, 9.17) is 4.74 Å². The third-order valence-corrected chi connectivity index (χ3v) is 4.07. The molecule has 1 saturated heterocycles. The molecule has 114 valence electrons. The van der Waals surface area contributed by atoms with Gasteiger partial charge in [0.15, 0.2) is 0 Å². The number of rotatable bonds is 10. The number of ether oxygens (including phenoxy) is 1. The number of likely N-dealkylation sites (N-methyl/N-ethyl adjacent to an activating group) is 1. The van der Waals surface area contributed by atoms with Crippen molar-refractivity contribution < 1.29 is 4.74 Å².